The number of nitriles is 1. The van der Waals surface area contributed by atoms with Crippen LogP contribution < -0.4 is 10.6 Å². The van der Waals surface area contributed by atoms with E-state index >= 15 is 0 Å². The number of halogens is 4. The van der Waals surface area contributed by atoms with Crippen LogP contribution >= 0.6 is 0 Å². The molecule has 3 rings (SSSR count). The molecule has 1 aliphatic rings. The number of ether oxygens (including phenoxy) is 1. The van der Waals surface area contributed by atoms with Gasteiger partial charge in [0, 0.05) is 0 Å². The summed E-state index contributed by atoms with van der Waals surface area (Å²) in [5.41, 5.74) is -1.47. The number of hydrogen-bond acceptors (Lipinski definition) is 7. The zero-order valence-corrected chi connectivity index (χ0v) is 20.3. The van der Waals surface area contributed by atoms with E-state index in [1.165, 1.54) is 24.3 Å². The third-order valence-electron chi connectivity index (χ3n) is 5.70. The first kappa shape index (κ1) is 28.1. The third kappa shape index (κ3) is 7.50. The van der Waals surface area contributed by atoms with Gasteiger partial charge in [-0.05, 0) is 48.2 Å². The fourth-order valence-electron chi connectivity index (χ4n) is 3.62. The van der Waals surface area contributed by atoms with Crippen LogP contribution in [0.1, 0.15) is 40.4 Å². The summed E-state index contributed by atoms with van der Waals surface area (Å²) in [7, 11) is -3.09. The molecule has 1 aliphatic carbocycles. The van der Waals surface area contributed by atoms with Gasteiger partial charge in [-0.15, -0.1) is 0 Å². The Morgan fingerprint density at radius 3 is 2.35 bits per heavy atom. The van der Waals surface area contributed by atoms with E-state index < -0.39 is 68.4 Å². The van der Waals surface area contributed by atoms with E-state index in [0.29, 0.717) is 0 Å². The van der Waals surface area contributed by atoms with Gasteiger partial charge in [0.1, 0.15) is 23.4 Å². The van der Waals surface area contributed by atoms with Crippen molar-refractivity contribution in [2.45, 2.75) is 42.4 Å². The highest BCUT2D eigenvalue weighted by molar-refractivity contribution is 7.90. The molecule has 2 atom stereocenters. The van der Waals surface area contributed by atoms with Gasteiger partial charge < -0.3 is 10.1 Å². The van der Waals surface area contributed by atoms with Crippen molar-refractivity contribution in [1.82, 2.24) is 10.6 Å². The lowest BCUT2D eigenvalue weighted by molar-refractivity contribution is -0.160. The molecule has 1 amide bonds. The normalized spacial score (nSPS) is 16.2. The second kappa shape index (κ2) is 10.9. The summed E-state index contributed by atoms with van der Waals surface area (Å²) in [6, 6.07) is 6.30. The fourth-order valence-corrected chi connectivity index (χ4v) is 5.18. The Hall–Kier alpha value is -3.50. The van der Waals surface area contributed by atoms with Crippen LogP contribution in [0.25, 0.3) is 0 Å². The summed E-state index contributed by atoms with van der Waals surface area (Å²) in [6.07, 6.45) is -4.42. The molecule has 1 saturated carbocycles. The van der Waals surface area contributed by atoms with Crippen molar-refractivity contribution in [2.75, 3.05) is 12.9 Å². The Balaban J connectivity index is 1.90. The lowest BCUT2D eigenvalue weighted by atomic mass is 10.0. The highest BCUT2D eigenvalue weighted by Gasteiger charge is 2.48. The van der Waals surface area contributed by atoms with E-state index in [-0.39, 0.29) is 24.0 Å². The molecule has 2 aromatic rings. The van der Waals surface area contributed by atoms with Crippen LogP contribution in [0.5, 0.6) is 0 Å². The minimum Gasteiger partial charge on any atom is -0.465 e. The Morgan fingerprint density at radius 2 is 1.81 bits per heavy atom. The molecule has 0 aliphatic heterocycles. The average Bonchev–Trinajstić information content (AvgIpc) is 3.60. The topological polar surface area (TPSA) is 125 Å². The molecule has 198 valence electrons. The summed E-state index contributed by atoms with van der Waals surface area (Å²) in [4.78, 5) is 24.7. The second-order valence-electron chi connectivity index (χ2n) is 8.68. The predicted octanol–water partition coefficient (Wildman–Crippen LogP) is 2.96. The van der Waals surface area contributed by atoms with E-state index in [1.54, 1.807) is 0 Å². The molecular formula is C24H23F4N3O5S. The summed E-state index contributed by atoms with van der Waals surface area (Å²) < 4.78 is 85.7. The van der Waals surface area contributed by atoms with Gasteiger partial charge >= 0.3 is 12.1 Å². The van der Waals surface area contributed by atoms with Gasteiger partial charge in [0.2, 0.25) is 5.91 Å². The Morgan fingerprint density at radius 1 is 1.16 bits per heavy atom. The standard InChI is InChI=1S/C24H23F4N3O5S/c1-36-22(33)17-4-2-3-15(11-17)12-37(34,35)13-19(21(32)31-23(14-29)9-10-23)30-20(24(26,27)28)16-5-7-18(25)8-6-16/h2-8,11,19-20,30H,9-10,12-13H2,1H3,(H,31,32)/t19-,20-/m0/s1. The number of carbonyl (C=O) groups excluding carboxylic acids is 2. The van der Waals surface area contributed by atoms with E-state index in [9.17, 15) is 40.8 Å². The maximum Gasteiger partial charge on any atom is 0.407 e. The van der Waals surface area contributed by atoms with Gasteiger partial charge in [0.25, 0.3) is 0 Å². The number of nitrogens with zero attached hydrogens (tertiary/aromatic N) is 1. The number of nitrogens with one attached hydrogen (secondary N) is 2. The zero-order valence-electron chi connectivity index (χ0n) is 19.5. The van der Waals surface area contributed by atoms with E-state index in [1.807, 2.05) is 6.07 Å². The monoisotopic (exact) mass is 541 g/mol. The maximum atomic E-state index is 13.9. The van der Waals surface area contributed by atoms with Crippen LogP contribution in [0, 0.1) is 17.1 Å². The first-order valence-corrected chi connectivity index (χ1v) is 12.8. The molecule has 2 aromatic carbocycles. The number of methoxy groups -OCH3 is 1. The minimum absolute atomic E-state index is 0.0701. The molecular weight excluding hydrogens is 518 g/mol. The summed E-state index contributed by atoms with van der Waals surface area (Å²) >= 11 is 0. The van der Waals surface area contributed by atoms with E-state index in [0.717, 1.165) is 31.4 Å². The van der Waals surface area contributed by atoms with Crippen molar-refractivity contribution in [3.63, 3.8) is 0 Å². The highest BCUT2D eigenvalue weighted by atomic mass is 32.2. The highest BCUT2D eigenvalue weighted by Crippen LogP contribution is 2.36. The van der Waals surface area contributed by atoms with Crippen LogP contribution in [-0.2, 0) is 25.1 Å². The number of sulfone groups is 1. The van der Waals surface area contributed by atoms with Crippen molar-refractivity contribution < 1.29 is 40.3 Å². The molecule has 37 heavy (non-hydrogen) atoms. The molecule has 1 fully saturated rings. The van der Waals surface area contributed by atoms with Gasteiger partial charge in [-0.1, -0.05) is 24.3 Å². The van der Waals surface area contributed by atoms with Gasteiger partial charge in [-0.25, -0.2) is 17.6 Å². The van der Waals surface area contributed by atoms with Gasteiger partial charge in [-0.2, -0.15) is 18.4 Å². The first-order valence-electron chi connectivity index (χ1n) is 11.0. The second-order valence-corrected chi connectivity index (χ2v) is 10.8. The molecule has 13 heteroatoms. The summed E-state index contributed by atoms with van der Waals surface area (Å²) in [5.74, 6) is -4.31. The molecule has 0 saturated heterocycles. The van der Waals surface area contributed by atoms with Gasteiger partial charge in [0.15, 0.2) is 9.84 Å². The lowest BCUT2D eigenvalue weighted by Gasteiger charge is -2.28. The van der Waals surface area contributed by atoms with Crippen molar-refractivity contribution >= 4 is 21.7 Å². The Bertz CT molecular complexity index is 1300. The molecule has 0 spiro atoms. The maximum absolute atomic E-state index is 13.9. The molecule has 0 radical (unpaired) electrons. The summed E-state index contributed by atoms with van der Waals surface area (Å²) in [5, 5.41) is 13.7. The number of benzene rings is 2. The zero-order chi connectivity index (χ0) is 27.4. The van der Waals surface area contributed by atoms with Crippen LogP contribution in [0.4, 0.5) is 17.6 Å². The van der Waals surface area contributed by atoms with Crippen molar-refractivity contribution in [3.05, 3.63) is 71.0 Å². The minimum atomic E-state index is -4.97. The average molecular weight is 542 g/mol. The molecule has 0 aromatic heterocycles. The number of amides is 1. The molecule has 0 unspecified atom stereocenters. The molecule has 0 heterocycles. The Kier molecular flexibility index (Phi) is 8.24. The number of carbonyl (C=O) groups is 2. The van der Waals surface area contributed by atoms with E-state index in [2.05, 4.69) is 15.4 Å². The van der Waals surface area contributed by atoms with Crippen molar-refractivity contribution in [3.8, 4) is 6.07 Å². The van der Waals surface area contributed by atoms with Crippen LogP contribution in [0.3, 0.4) is 0 Å². The Labute approximate surface area is 210 Å². The molecule has 8 nitrogen and oxygen atoms in total. The largest absolute Gasteiger partial charge is 0.465 e. The fraction of sp³-hybridized carbons (Fsp3) is 0.375. The smallest absolute Gasteiger partial charge is 0.407 e. The first-order chi connectivity index (χ1) is 17.3. The van der Waals surface area contributed by atoms with Crippen LogP contribution in [0.2, 0.25) is 0 Å². The molecule has 2 N–H and O–H groups in total. The SMILES string of the molecule is COC(=O)c1cccc(CS(=O)(=O)C[C@H](N[C@@H](c2ccc(F)cc2)C(F)(F)F)C(=O)NC2(C#N)CC2)c1. The number of rotatable bonds is 10. The van der Waals surface area contributed by atoms with Gasteiger partial charge in [0.05, 0.1) is 30.2 Å². The number of hydrogen-bond donors (Lipinski definition) is 2. The van der Waals surface area contributed by atoms with Crippen LogP contribution in [-0.4, -0.2) is 50.9 Å². The predicted molar refractivity (Wildman–Crippen MR) is 123 cm³/mol. The summed E-state index contributed by atoms with van der Waals surface area (Å²) in [6.45, 7) is 0. The van der Waals surface area contributed by atoms with Crippen LogP contribution in [0.15, 0.2) is 48.5 Å². The number of alkyl halides is 3. The third-order valence-corrected chi connectivity index (χ3v) is 7.31. The number of esters is 1. The quantitative estimate of drug-likeness (QED) is 0.350. The van der Waals surface area contributed by atoms with E-state index in [4.69, 9.17) is 0 Å². The lowest BCUT2D eigenvalue weighted by Crippen LogP contribution is -2.54. The van der Waals surface area contributed by atoms with Crippen molar-refractivity contribution in [1.29, 1.82) is 5.26 Å². The molecule has 0 bridgehead atoms. The van der Waals surface area contributed by atoms with Crippen molar-refractivity contribution in [2.24, 2.45) is 0 Å². The van der Waals surface area contributed by atoms with Gasteiger partial charge in [-0.3, -0.25) is 10.1 Å².